The Labute approximate surface area is 117 Å². The number of hydrogen-bond acceptors (Lipinski definition) is 5. The summed E-state index contributed by atoms with van der Waals surface area (Å²) in [4.78, 5) is 0.185. The average Bonchev–Trinajstić information content (AvgIpc) is 2.84. The number of benzene rings is 1. The Hall–Kier alpha value is -0.920. The molecule has 0 bridgehead atoms. The van der Waals surface area contributed by atoms with E-state index in [4.69, 9.17) is 9.47 Å². The van der Waals surface area contributed by atoms with Crippen molar-refractivity contribution in [1.82, 2.24) is 4.31 Å². The fourth-order valence-corrected chi connectivity index (χ4v) is 5.17. The number of nitrogens with zero attached hydrogens (tertiary/aromatic N) is 1. The van der Waals surface area contributed by atoms with Gasteiger partial charge in [0, 0.05) is 18.4 Å². The molecule has 1 heterocycles. The van der Waals surface area contributed by atoms with Gasteiger partial charge in [-0.15, -0.1) is 11.8 Å². The van der Waals surface area contributed by atoms with Gasteiger partial charge in [-0.2, -0.15) is 4.31 Å². The molecule has 1 aromatic carbocycles. The van der Waals surface area contributed by atoms with Crippen LogP contribution in [0.4, 0.5) is 0 Å². The normalized spacial score (nSPS) is 20.5. The van der Waals surface area contributed by atoms with Crippen LogP contribution in [0.3, 0.4) is 0 Å². The van der Waals surface area contributed by atoms with Crippen molar-refractivity contribution < 1.29 is 17.9 Å². The largest absolute Gasteiger partial charge is 0.497 e. The van der Waals surface area contributed by atoms with Gasteiger partial charge in [0.15, 0.2) is 0 Å². The minimum atomic E-state index is -3.52. The minimum Gasteiger partial charge on any atom is -0.497 e. The summed E-state index contributed by atoms with van der Waals surface area (Å²) in [5.41, 5.74) is 0. The van der Waals surface area contributed by atoms with Gasteiger partial charge in [-0.1, -0.05) is 0 Å². The first-order chi connectivity index (χ1) is 9.00. The van der Waals surface area contributed by atoms with E-state index in [1.165, 1.54) is 24.6 Å². The number of ether oxygens (including phenoxy) is 2. The molecule has 1 fully saturated rings. The van der Waals surface area contributed by atoms with Crippen molar-refractivity contribution in [3.8, 4) is 11.5 Å². The zero-order chi connectivity index (χ0) is 14.0. The minimum absolute atomic E-state index is 0.0446. The van der Waals surface area contributed by atoms with Crippen LogP contribution in [0.5, 0.6) is 11.5 Å². The van der Waals surface area contributed by atoms with Crippen LogP contribution in [-0.4, -0.2) is 44.6 Å². The molecule has 0 amide bonds. The Bertz CT molecular complexity index is 559. The fraction of sp³-hybridized carbons (Fsp3) is 0.500. The van der Waals surface area contributed by atoms with Crippen molar-refractivity contribution in [2.24, 2.45) is 0 Å². The standard InChI is InChI=1S/C12H17NO4S2/c1-9-13(6-7-18-9)19(14,15)12-5-4-10(16-2)8-11(12)17-3/h4-5,8-9H,6-7H2,1-3H3. The van der Waals surface area contributed by atoms with Gasteiger partial charge in [0.1, 0.15) is 16.4 Å². The summed E-state index contributed by atoms with van der Waals surface area (Å²) in [7, 11) is -0.539. The third kappa shape index (κ3) is 2.68. The summed E-state index contributed by atoms with van der Waals surface area (Å²) in [6, 6.07) is 4.74. The van der Waals surface area contributed by atoms with Crippen LogP contribution in [-0.2, 0) is 10.0 Å². The van der Waals surface area contributed by atoms with E-state index in [0.29, 0.717) is 18.0 Å². The van der Waals surface area contributed by atoms with E-state index in [1.807, 2.05) is 6.92 Å². The molecule has 1 aliphatic rings. The Morgan fingerprint density at radius 3 is 2.58 bits per heavy atom. The zero-order valence-corrected chi connectivity index (χ0v) is 12.8. The lowest BCUT2D eigenvalue weighted by atomic mass is 10.3. The van der Waals surface area contributed by atoms with Gasteiger partial charge in [-0.05, 0) is 19.1 Å². The van der Waals surface area contributed by atoms with E-state index in [2.05, 4.69) is 0 Å². The summed E-state index contributed by atoms with van der Waals surface area (Å²) < 4.78 is 37.0. The summed E-state index contributed by atoms with van der Waals surface area (Å²) in [6.45, 7) is 2.43. The summed E-state index contributed by atoms with van der Waals surface area (Å²) in [6.07, 6.45) is 0. The Kier molecular flexibility index (Phi) is 4.27. The third-order valence-corrected chi connectivity index (χ3v) is 6.33. The van der Waals surface area contributed by atoms with Gasteiger partial charge in [-0.25, -0.2) is 8.42 Å². The maximum Gasteiger partial charge on any atom is 0.247 e. The van der Waals surface area contributed by atoms with Gasteiger partial charge in [-0.3, -0.25) is 0 Å². The Morgan fingerprint density at radius 2 is 2.05 bits per heavy atom. The number of sulfonamides is 1. The molecule has 1 saturated heterocycles. The topological polar surface area (TPSA) is 55.8 Å². The zero-order valence-electron chi connectivity index (χ0n) is 11.1. The molecule has 2 rings (SSSR count). The molecular formula is C12H17NO4S2. The lowest BCUT2D eigenvalue weighted by Gasteiger charge is -2.21. The van der Waals surface area contributed by atoms with Gasteiger partial charge >= 0.3 is 0 Å². The van der Waals surface area contributed by atoms with E-state index in [-0.39, 0.29) is 10.3 Å². The number of methoxy groups -OCH3 is 2. The van der Waals surface area contributed by atoms with E-state index in [0.717, 1.165) is 5.75 Å². The lowest BCUT2D eigenvalue weighted by molar-refractivity contribution is 0.382. The molecule has 106 valence electrons. The molecule has 0 saturated carbocycles. The van der Waals surface area contributed by atoms with Gasteiger partial charge in [0.25, 0.3) is 0 Å². The molecule has 0 N–H and O–H groups in total. The highest BCUT2D eigenvalue weighted by Crippen LogP contribution is 2.35. The number of hydrogen-bond donors (Lipinski definition) is 0. The van der Waals surface area contributed by atoms with Gasteiger partial charge < -0.3 is 9.47 Å². The predicted octanol–water partition coefficient (Wildman–Crippen LogP) is 1.79. The van der Waals surface area contributed by atoms with Crippen LogP contribution in [0, 0.1) is 0 Å². The molecule has 1 atom stereocenters. The highest BCUT2D eigenvalue weighted by molar-refractivity contribution is 8.01. The average molecular weight is 303 g/mol. The van der Waals surface area contributed by atoms with E-state index < -0.39 is 10.0 Å². The molecule has 0 spiro atoms. The molecule has 0 aliphatic carbocycles. The van der Waals surface area contributed by atoms with Crippen molar-refractivity contribution in [3.63, 3.8) is 0 Å². The summed E-state index contributed by atoms with van der Waals surface area (Å²) >= 11 is 1.63. The van der Waals surface area contributed by atoms with E-state index >= 15 is 0 Å². The SMILES string of the molecule is COc1ccc(S(=O)(=O)N2CCSC2C)c(OC)c1. The van der Waals surface area contributed by atoms with Crippen LogP contribution >= 0.6 is 11.8 Å². The maximum absolute atomic E-state index is 12.6. The molecule has 0 radical (unpaired) electrons. The third-order valence-electron chi connectivity index (χ3n) is 3.03. The Balaban J connectivity index is 2.45. The van der Waals surface area contributed by atoms with Crippen LogP contribution in [0.15, 0.2) is 23.1 Å². The summed E-state index contributed by atoms with van der Waals surface area (Å²) in [5, 5.41) is -0.0446. The van der Waals surface area contributed by atoms with Crippen molar-refractivity contribution >= 4 is 21.8 Å². The molecule has 1 unspecified atom stereocenters. The molecule has 7 heteroatoms. The van der Waals surface area contributed by atoms with Crippen molar-refractivity contribution in [1.29, 1.82) is 0 Å². The smallest absolute Gasteiger partial charge is 0.247 e. The van der Waals surface area contributed by atoms with Crippen LogP contribution in [0.2, 0.25) is 0 Å². The highest BCUT2D eigenvalue weighted by Gasteiger charge is 2.35. The van der Waals surface area contributed by atoms with Crippen molar-refractivity contribution in [3.05, 3.63) is 18.2 Å². The second kappa shape index (κ2) is 5.60. The van der Waals surface area contributed by atoms with Crippen molar-refractivity contribution in [2.45, 2.75) is 17.2 Å². The molecular weight excluding hydrogens is 286 g/mol. The predicted molar refractivity (Wildman–Crippen MR) is 75.4 cm³/mol. The fourth-order valence-electron chi connectivity index (χ4n) is 2.01. The van der Waals surface area contributed by atoms with E-state index in [1.54, 1.807) is 23.9 Å². The monoisotopic (exact) mass is 303 g/mol. The summed E-state index contributed by atoms with van der Waals surface area (Å²) in [5.74, 6) is 1.70. The molecule has 0 aromatic heterocycles. The first kappa shape index (κ1) is 14.5. The molecule has 1 aromatic rings. The van der Waals surface area contributed by atoms with Gasteiger partial charge in [0.2, 0.25) is 10.0 Å². The van der Waals surface area contributed by atoms with E-state index in [9.17, 15) is 8.42 Å². The first-order valence-corrected chi connectivity index (χ1v) is 8.35. The Morgan fingerprint density at radius 1 is 1.32 bits per heavy atom. The second-order valence-corrected chi connectivity index (χ2v) is 7.39. The lowest BCUT2D eigenvalue weighted by Crippen LogP contribution is -2.33. The first-order valence-electron chi connectivity index (χ1n) is 5.86. The maximum atomic E-state index is 12.6. The molecule has 19 heavy (non-hydrogen) atoms. The highest BCUT2D eigenvalue weighted by atomic mass is 32.2. The molecule has 5 nitrogen and oxygen atoms in total. The number of thioether (sulfide) groups is 1. The van der Waals surface area contributed by atoms with Crippen LogP contribution in [0.25, 0.3) is 0 Å². The van der Waals surface area contributed by atoms with Crippen LogP contribution < -0.4 is 9.47 Å². The second-order valence-electron chi connectivity index (χ2n) is 4.10. The quantitative estimate of drug-likeness (QED) is 0.849. The van der Waals surface area contributed by atoms with Gasteiger partial charge in [0.05, 0.1) is 19.6 Å². The molecule has 1 aliphatic heterocycles. The van der Waals surface area contributed by atoms with Crippen LogP contribution in [0.1, 0.15) is 6.92 Å². The number of rotatable bonds is 4. The van der Waals surface area contributed by atoms with Crippen molar-refractivity contribution in [2.75, 3.05) is 26.5 Å².